The van der Waals surface area contributed by atoms with Crippen LogP contribution in [-0.4, -0.2) is 36.9 Å². The van der Waals surface area contributed by atoms with Gasteiger partial charge in [0.15, 0.2) is 9.84 Å². The van der Waals surface area contributed by atoms with Gasteiger partial charge in [0, 0.05) is 0 Å². The number of aliphatic carboxylic acids is 1. The lowest BCUT2D eigenvalue weighted by molar-refractivity contribution is -0.139. The van der Waals surface area contributed by atoms with Crippen molar-refractivity contribution in [3.05, 3.63) is 35.4 Å². The summed E-state index contributed by atoms with van der Waals surface area (Å²) < 4.78 is 22.9. The second kappa shape index (κ2) is 5.39. The van der Waals surface area contributed by atoms with Crippen molar-refractivity contribution in [3.8, 4) is 0 Å². The molecule has 2 aliphatic rings. The van der Waals surface area contributed by atoms with Gasteiger partial charge in [0.25, 0.3) is 0 Å². The van der Waals surface area contributed by atoms with E-state index in [2.05, 4.69) is 5.32 Å². The maximum absolute atomic E-state index is 12.3. The normalized spacial score (nSPS) is 29.0. The molecule has 0 bridgehead atoms. The van der Waals surface area contributed by atoms with E-state index in [1.54, 1.807) is 12.1 Å². The predicted molar refractivity (Wildman–Crippen MR) is 79.1 cm³/mol. The lowest BCUT2D eigenvalue weighted by Gasteiger charge is -2.16. The van der Waals surface area contributed by atoms with Crippen LogP contribution in [0.25, 0.3) is 0 Å². The van der Waals surface area contributed by atoms with Gasteiger partial charge in [0.2, 0.25) is 5.91 Å². The Balaban J connectivity index is 1.77. The van der Waals surface area contributed by atoms with E-state index in [1.165, 1.54) is 0 Å². The van der Waals surface area contributed by atoms with E-state index in [4.69, 9.17) is 0 Å². The first-order chi connectivity index (χ1) is 10.4. The van der Waals surface area contributed by atoms with E-state index in [9.17, 15) is 23.1 Å². The summed E-state index contributed by atoms with van der Waals surface area (Å²) in [5.41, 5.74) is 1.53. The molecule has 1 aliphatic heterocycles. The van der Waals surface area contributed by atoms with Crippen LogP contribution in [0.4, 0.5) is 0 Å². The Labute approximate surface area is 128 Å². The maximum Gasteiger partial charge on any atom is 0.311 e. The first-order valence-corrected chi connectivity index (χ1v) is 9.02. The smallest absolute Gasteiger partial charge is 0.311 e. The molecule has 3 unspecified atom stereocenters. The van der Waals surface area contributed by atoms with Crippen LogP contribution in [0.15, 0.2) is 24.3 Å². The molecular formula is C15H17NO5S. The molecule has 3 rings (SSSR count). The van der Waals surface area contributed by atoms with E-state index < -0.39 is 27.6 Å². The number of carboxylic acids is 1. The Morgan fingerprint density at radius 3 is 2.45 bits per heavy atom. The number of nitrogens with one attached hydrogen (secondary N) is 1. The number of rotatable bonds is 3. The predicted octanol–water partition coefficient (Wildman–Crippen LogP) is 0.850. The lowest BCUT2D eigenvalue weighted by atomic mass is 10.0. The monoisotopic (exact) mass is 323 g/mol. The molecule has 0 spiro atoms. The highest BCUT2D eigenvalue weighted by atomic mass is 32.2. The molecule has 7 heteroatoms. The molecule has 1 aromatic carbocycles. The van der Waals surface area contributed by atoms with E-state index in [0.717, 1.165) is 11.1 Å². The van der Waals surface area contributed by atoms with Crippen LogP contribution in [0.5, 0.6) is 0 Å². The van der Waals surface area contributed by atoms with Crippen LogP contribution in [0, 0.1) is 5.92 Å². The van der Waals surface area contributed by atoms with Gasteiger partial charge in [-0.05, 0) is 24.0 Å². The molecule has 22 heavy (non-hydrogen) atoms. The number of hydrogen-bond acceptors (Lipinski definition) is 4. The number of carbonyl (C=O) groups excluding carboxylic acids is 1. The number of benzene rings is 1. The van der Waals surface area contributed by atoms with Crippen LogP contribution in [0.3, 0.4) is 0 Å². The number of carboxylic acid groups (broad SMARTS) is 1. The fourth-order valence-electron chi connectivity index (χ4n) is 3.30. The Morgan fingerprint density at radius 1 is 1.18 bits per heavy atom. The summed E-state index contributed by atoms with van der Waals surface area (Å²) in [6.45, 7) is 0. The standard InChI is InChI=1S/C15H17NO5S/c17-14(9-5-6-22(20,21)8-9)16-13-7-12(15(18)19)10-3-1-2-4-11(10)13/h1-4,9,12-13H,5-8H2,(H,16,17)(H,18,19). The third kappa shape index (κ3) is 2.72. The molecule has 1 aromatic rings. The molecule has 3 atom stereocenters. The van der Waals surface area contributed by atoms with Gasteiger partial charge in [-0.2, -0.15) is 0 Å². The number of hydrogen-bond donors (Lipinski definition) is 2. The molecule has 118 valence electrons. The third-order valence-corrected chi connectivity index (χ3v) is 6.20. The second-order valence-corrected chi connectivity index (χ2v) is 8.15. The van der Waals surface area contributed by atoms with Crippen molar-refractivity contribution in [3.63, 3.8) is 0 Å². The van der Waals surface area contributed by atoms with Crippen molar-refractivity contribution in [2.75, 3.05) is 11.5 Å². The zero-order valence-corrected chi connectivity index (χ0v) is 12.7. The van der Waals surface area contributed by atoms with E-state index in [-0.39, 0.29) is 23.5 Å². The minimum Gasteiger partial charge on any atom is -0.481 e. The fourth-order valence-corrected chi connectivity index (χ4v) is 5.04. The first-order valence-electron chi connectivity index (χ1n) is 7.20. The number of sulfone groups is 1. The molecule has 2 N–H and O–H groups in total. The van der Waals surface area contributed by atoms with E-state index in [0.29, 0.717) is 12.8 Å². The van der Waals surface area contributed by atoms with Gasteiger partial charge in [0.1, 0.15) is 0 Å². The molecule has 0 aromatic heterocycles. The molecule has 0 saturated carbocycles. The second-order valence-electron chi connectivity index (χ2n) is 5.92. The minimum atomic E-state index is -3.11. The molecule has 1 amide bonds. The first kappa shape index (κ1) is 15.0. The zero-order chi connectivity index (χ0) is 15.9. The van der Waals surface area contributed by atoms with Crippen molar-refractivity contribution < 1.29 is 23.1 Å². The molecule has 6 nitrogen and oxygen atoms in total. The van der Waals surface area contributed by atoms with Crippen molar-refractivity contribution in [2.45, 2.75) is 24.8 Å². The summed E-state index contributed by atoms with van der Waals surface area (Å²) in [6.07, 6.45) is 0.644. The zero-order valence-electron chi connectivity index (χ0n) is 11.9. The summed E-state index contributed by atoms with van der Waals surface area (Å²) in [6, 6.07) is 6.80. The van der Waals surface area contributed by atoms with Crippen LogP contribution < -0.4 is 5.32 Å². The summed E-state index contributed by atoms with van der Waals surface area (Å²) >= 11 is 0. The van der Waals surface area contributed by atoms with Gasteiger partial charge < -0.3 is 10.4 Å². The van der Waals surface area contributed by atoms with Crippen LogP contribution in [-0.2, 0) is 19.4 Å². The molecule has 1 aliphatic carbocycles. The van der Waals surface area contributed by atoms with Gasteiger partial charge in [-0.15, -0.1) is 0 Å². The lowest BCUT2D eigenvalue weighted by Crippen LogP contribution is -2.34. The molecule has 1 heterocycles. The number of fused-ring (bicyclic) bond motifs is 1. The van der Waals surface area contributed by atoms with Crippen LogP contribution in [0.2, 0.25) is 0 Å². The maximum atomic E-state index is 12.3. The quantitative estimate of drug-likeness (QED) is 0.859. The topological polar surface area (TPSA) is 101 Å². The number of carbonyl (C=O) groups is 2. The highest BCUT2D eigenvalue weighted by Gasteiger charge is 2.38. The van der Waals surface area contributed by atoms with Gasteiger partial charge in [0.05, 0.1) is 29.4 Å². The highest BCUT2D eigenvalue weighted by Crippen LogP contribution is 2.40. The van der Waals surface area contributed by atoms with E-state index >= 15 is 0 Å². The molecular weight excluding hydrogens is 306 g/mol. The minimum absolute atomic E-state index is 0.0457. The Kier molecular flexibility index (Phi) is 3.68. The highest BCUT2D eigenvalue weighted by molar-refractivity contribution is 7.91. The Morgan fingerprint density at radius 2 is 1.86 bits per heavy atom. The van der Waals surface area contributed by atoms with Gasteiger partial charge in [-0.1, -0.05) is 24.3 Å². The summed E-state index contributed by atoms with van der Waals surface area (Å²) in [4.78, 5) is 23.6. The Hall–Kier alpha value is -1.89. The SMILES string of the molecule is O=C(NC1CC(C(=O)O)c2ccccc21)C1CCS(=O)(=O)C1. The van der Waals surface area contributed by atoms with Crippen molar-refractivity contribution >= 4 is 21.7 Å². The van der Waals surface area contributed by atoms with Crippen molar-refractivity contribution in [1.82, 2.24) is 5.32 Å². The van der Waals surface area contributed by atoms with Crippen LogP contribution in [0.1, 0.15) is 35.9 Å². The molecule has 0 radical (unpaired) electrons. The average molecular weight is 323 g/mol. The Bertz CT molecular complexity index is 727. The summed E-state index contributed by atoms with van der Waals surface area (Å²) in [7, 11) is -3.11. The van der Waals surface area contributed by atoms with Gasteiger partial charge >= 0.3 is 5.97 Å². The average Bonchev–Trinajstić information content (AvgIpc) is 3.00. The largest absolute Gasteiger partial charge is 0.481 e. The molecule has 1 fully saturated rings. The van der Waals surface area contributed by atoms with Crippen molar-refractivity contribution in [1.29, 1.82) is 0 Å². The number of amides is 1. The molecule has 1 saturated heterocycles. The fraction of sp³-hybridized carbons (Fsp3) is 0.467. The summed E-state index contributed by atoms with van der Waals surface area (Å²) in [5, 5.41) is 12.1. The van der Waals surface area contributed by atoms with Crippen molar-refractivity contribution in [2.24, 2.45) is 5.92 Å². The third-order valence-electron chi connectivity index (χ3n) is 4.44. The van der Waals surface area contributed by atoms with Crippen LogP contribution >= 0.6 is 0 Å². The van der Waals surface area contributed by atoms with Gasteiger partial charge in [-0.3, -0.25) is 9.59 Å². The summed E-state index contributed by atoms with van der Waals surface area (Å²) in [5.74, 6) is -2.44. The van der Waals surface area contributed by atoms with Gasteiger partial charge in [-0.25, -0.2) is 8.42 Å². The van der Waals surface area contributed by atoms with E-state index in [1.807, 2.05) is 12.1 Å².